The van der Waals surface area contributed by atoms with Crippen molar-refractivity contribution in [2.45, 2.75) is 52.0 Å². The molecular weight excluding hydrogens is 458 g/mol. The van der Waals surface area contributed by atoms with Crippen LogP contribution in [0, 0.1) is 0 Å². The molecule has 1 atom stereocenters. The molecule has 5 aromatic rings. The predicted octanol–water partition coefficient (Wildman–Crippen LogP) is 5.07. The van der Waals surface area contributed by atoms with Crippen LogP contribution in [0.2, 0.25) is 0 Å². The molecule has 0 aliphatic heterocycles. The SMILES string of the molecule is CCCCc1nc(O)c(-c2nnc(Cc3noc4ccccc34)o2)c(=O)n1[C@H](CC)c1ccccc1. The monoisotopic (exact) mass is 485 g/mol. The number of hydrogen-bond acceptors (Lipinski definition) is 8. The van der Waals surface area contributed by atoms with Gasteiger partial charge in [-0.15, -0.1) is 10.2 Å². The predicted molar refractivity (Wildman–Crippen MR) is 134 cm³/mol. The molecule has 0 bridgehead atoms. The average molecular weight is 486 g/mol. The summed E-state index contributed by atoms with van der Waals surface area (Å²) in [6.45, 7) is 4.09. The van der Waals surface area contributed by atoms with E-state index in [1.54, 1.807) is 4.57 Å². The topological polar surface area (TPSA) is 120 Å². The van der Waals surface area contributed by atoms with Crippen LogP contribution in [0.15, 0.2) is 68.3 Å². The summed E-state index contributed by atoms with van der Waals surface area (Å²) in [6.07, 6.45) is 3.24. The van der Waals surface area contributed by atoms with Gasteiger partial charge in [-0.3, -0.25) is 9.36 Å². The number of rotatable bonds is 9. The van der Waals surface area contributed by atoms with E-state index in [-0.39, 0.29) is 29.8 Å². The summed E-state index contributed by atoms with van der Waals surface area (Å²) in [7, 11) is 0. The van der Waals surface area contributed by atoms with Crippen LogP contribution in [0.1, 0.15) is 62.1 Å². The Morgan fingerprint density at radius 3 is 2.58 bits per heavy atom. The van der Waals surface area contributed by atoms with Gasteiger partial charge < -0.3 is 14.0 Å². The van der Waals surface area contributed by atoms with Gasteiger partial charge in [0.15, 0.2) is 11.1 Å². The summed E-state index contributed by atoms with van der Waals surface area (Å²) < 4.78 is 12.8. The molecule has 3 aromatic heterocycles. The Hall–Kier alpha value is -4.27. The van der Waals surface area contributed by atoms with E-state index in [1.807, 2.05) is 61.5 Å². The number of fused-ring (bicyclic) bond motifs is 1. The van der Waals surface area contributed by atoms with Gasteiger partial charge in [0, 0.05) is 11.8 Å². The zero-order valence-corrected chi connectivity index (χ0v) is 20.2. The highest BCUT2D eigenvalue weighted by molar-refractivity contribution is 5.79. The summed E-state index contributed by atoms with van der Waals surface area (Å²) in [5.41, 5.74) is 1.78. The van der Waals surface area contributed by atoms with Gasteiger partial charge in [-0.05, 0) is 30.5 Å². The van der Waals surface area contributed by atoms with Crippen molar-refractivity contribution < 1.29 is 14.0 Å². The van der Waals surface area contributed by atoms with Crippen LogP contribution in [0.3, 0.4) is 0 Å². The molecule has 0 aliphatic rings. The van der Waals surface area contributed by atoms with Crippen LogP contribution in [0.25, 0.3) is 22.4 Å². The first kappa shape index (κ1) is 23.5. The third kappa shape index (κ3) is 4.39. The average Bonchev–Trinajstić information content (AvgIpc) is 3.53. The standard InChI is InChI=1S/C27H27N5O4/c1-3-5-15-22-28-25(33)24(27(34)32(22)20(4-2)17-11-7-6-8-12-17)26-30-29-23(35-26)16-19-18-13-9-10-14-21(18)36-31-19/h6-14,20,33H,3-5,15-16H2,1-2H3/t20-/m1/s1. The van der Waals surface area contributed by atoms with Crippen molar-refractivity contribution >= 4 is 11.0 Å². The number of para-hydroxylation sites is 1. The minimum absolute atomic E-state index is 0.0773. The lowest BCUT2D eigenvalue weighted by atomic mass is 10.0. The molecule has 0 spiro atoms. The highest BCUT2D eigenvalue weighted by Crippen LogP contribution is 2.29. The zero-order chi connectivity index (χ0) is 25.1. The third-order valence-electron chi connectivity index (χ3n) is 6.26. The first-order chi connectivity index (χ1) is 17.6. The van der Waals surface area contributed by atoms with E-state index in [9.17, 15) is 9.90 Å². The van der Waals surface area contributed by atoms with Gasteiger partial charge in [-0.1, -0.05) is 67.9 Å². The maximum absolute atomic E-state index is 13.9. The maximum atomic E-state index is 13.9. The van der Waals surface area contributed by atoms with Crippen molar-refractivity contribution in [2.24, 2.45) is 0 Å². The van der Waals surface area contributed by atoms with E-state index < -0.39 is 11.4 Å². The molecule has 3 heterocycles. The summed E-state index contributed by atoms with van der Waals surface area (Å²) in [4.78, 5) is 18.3. The van der Waals surface area contributed by atoms with Crippen LogP contribution in [-0.4, -0.2) is 30.0 Å². The summed E-state index contributed by atoms with van der Waals surface area (Å²) in [5, 5.41) is 23.9. The van der Waals surface area contributed by atoms with Gasteiger partial charge in [0.2, 0.25) is 11.8 Å². The molecule has 1 N–H and O–H groups in total. The van der Waals surface area contributed by atoms with Gasteiger partial charge in [-0.2, -0.15) is 4.98 Å². The number of nitrogens with zero attached hydrogens (tertiary/aromatic N) is 5. The zero-order valence-electron chi connectivity index (χ0n) is 20.2. The van der Waals surface area contributed by atoms with Crippen LogP contribution >= 0.6 is 0 Å². The lowest BCUT2D eigenvalue weighted by Gasteiger charge is -2.23. The second-order valence-corrected chi connectivity index (χ2v) is 8.64. The molecule has 0 amide bonds. The smallest absolute Gasteiger partial charge is 0.270 e. The molecule has 0 aliphatic carbocycles. The number of aromatic nitrogens is 5. The number of benzene rings is 2. The molecule has 9 heteroatoms. The van der Waals surface area contributed by atoms with E-state index in [4.69, 9.17) is 8.94 Å². The second-order valence-electron chi connectivity index (χ2n) is 8.64. The lowest BCUT2D eigenvalue weighted by molar-refractivity contribution is 0.424. The van der Waals surface area contributed by atoms with Crippen molar-refractivity contribution in [3.05, 3.63) is 87.9 Å². The van der Waals surface area contributed by atoms with Crippen molar-refractivity contribution in [3.63, 3.8) is 0 Å². The fourth-order valence-corrected chi connectivity index (χ4v) is 4.46. The number of aromatic hydroxyl groups is 1. The quantitative estimate of drug-likeness (QED) is 0.307. The van der Waals surface area contributed by atoms with E-state index in [0.29, 0.717) is 29.9 Å². The molecule has 5 rings (SSSR count). The van der Waals surface area contributed by atoms with E-state index in [0.717, 1.165) is 23.8 Å². The Balaban J connectivity index is 1.57. The molecule has 0 fully saturated rings. The molecule has 36 heavy (non-hydrogen) atoms. The molecule has 0 unspecified atom stereocenters. The maximum Gasteiger partial charge on any atom is 0.270 e. The molecule has 2 aromatic carbocycles. The largest absolute Gasteiger partial charge is 0.493 e. The second kappa shape index (κ2) is 10.2. The molecular formula is C27H27N5O4. The van der Waals surface area contributed by atoms with Crippen LogP contribution in [-0.2, 0) is 12.8 Å². The third-order valence-corrected chi connectivity index (χ3v) is 6.26. The Labute approximate surface area is 207 Å². The Morgan fingerprint density at radius 2 is 1.81 bits per heavy atom. The minimum atomic E-state index is -0.411. The number of hydrogen-bond donors (Lipinski definition) is 1. The molecule has 0 saturated heterocycles. The van der Waals surface area contributed by atoms with Crippen molar-refractivity contribution in [2.75, 3.05) is 0 Å². The normalized spacial score (nSPS) is 12.3. The fraction of sp³-hybridized carbons (Fsp3) is 0.296. The molecule has 0 radical (unpaired) electrons. The van der Waals surface area contributed by atoms with Crippen LogP contribution in [0.5, 0.6) is 5.88 Å². The fourth-order valence-electron chi connectivity index (χ4n) is 4.46. The van der Waals surface area contributed by atoms with E-state index in [1.165, 1.54) is 0 Å². The van der Waals surface area contributed by atoms with Crippen LogP contribution in [0.4, 0.5) is 0 Å². The minimum Gasteiger partial charge on any atom is -0.493 e. The summed E-state index contributed by atoms with van der Waals surface area (Å²) >= 11 is 0. The van der Waals surface area contributed by atoms with Gasteiger partial charge in [-0.25, -0.2) is 0 Å². The molecule has 0 saturated carbocycles. The van der Waals surface area contributed by atoms with Crippen LogP contribution < -0.4 is 5.56 Å². The van der Waals surface area contributed by atoms with Crippen molar-refractivity contribution in [1.29, 1.82) is 0 Å². The lowest BCUT2D eigenvalue weighted by Crippen LogP contribution is -2.31. The summed E-state index contributed by atoms with van der Waals surface area (Å²) in [5.74, 6) is 0.297. The Bertz CT molecular complexity index is 1540. The molecule has 9 nitrogen and oxygen atoms in total. The van der Waals surface area contributed by atoms with Crippen molar-refractivity contribution in [1.82, 2.24) is 24.9 Å². The number of unbranched alkanes of at least 4 members (excludes halogenated alkanes) is 1. The van der Waals surface area contributed by atoms with Gasteiger partial charge in [0.25, 0.3) is 11.4 Å². The van der Waals surface area contributed by atoms with Crippen molar-refractivity contribution in [3.8, 4) is 17.3 Å². The first-order valence-corrected chi connectivity index (χ1v) is 12.2. The Kier molecular flexibility index (Phi) is 6.62. The van der Waals surface area contributed by atoms with E-state index >= 15 is 0 Å². The highest BCUT2D eigenvalue weighted by atomic mass is 16.5. The molecule has 184 valence electrons. The van der Waals surface area contributed by atoms with Gasteiger partial charge in [0.05, 0.1) is 12.5 Å². The highest BCUT2D eigenvalue weighted by Gasteiger charge is 2.26. The first-order valence-electron chi connectivity index (χ1n) is 12.2. The summed E-state index contributed by atoms with van der Waals surface area (Å²) in [6, 6.07) is 17.1. The number of aryl methyl sites for hydroxylation is 1. The van der Waals surface area contributed by atoms with Gasteiger partial charge in [0.1, 0.15) is 11.5 Å². The van der Waals surface area contributed by atoms with Gasteiger partial charge >= 0.3 is 0 Å². The van der Waals surface area contributed by atoms with E-state index in [2.05, 4.69) is 27.3 Å². The Morgan fingerprint density at radius 1 is 1.03 bits per heavy atom.